The number of halogens is 1. The van der Waals surface area contributed by atoms with Crippen LogP contribution in [0.3, 0.4) is 0 Å². The Morgan fingerprint density at radius 1 is 1.30 bits per heavy atom. The van der Waals surface area contributed by atoms with Crippen LogP contribution in [-0.4, -0.2) is 23.6 Å². The fourth-order valence-electron chi connectivity index (χ4n) is 2.01. The average molecular weight is 353 g/mol. The van der Waals surface area contributed by atoms with Gasteiger partial charge in [0.15, 0.2) is 0 Å². The highest BCUT2D eigenvalue weighted by Crippen LogP contribution is 2.38. The number of hydrogen-bond acceptors (Lipinski definition) is 5. The van der Waals surface area contributed by atoms with Gasteiger partial charge in [0.2, 0.25) is 0 Å². The van der Waals surface area contributed by atoms with E-state index in [9.17, 15) is 0 Å². The molecule has 1 fully saturated rings. The van der Waals surface area contributed by atoms with Gasteiger partial charge in [-0.15, -0.1) is 11.3 Å². The highest BCUT2D eigenvalue weighted by atomic mass is 79.9. The number of rotatable bonds is 6. The van der Waals surface area contributed by atoms with Crippen LogP contribution in [-0.2, 0) is 6.42 Å². The van der Waals surface area contributed by atoms with Gasteiger partial charge in [-0.25, -0.2) is 9.97 Å². The van der Waals surface area contributed by atoms with Crippen molar-refractivity contribution in [2.24, 2.45) is 0 Å². The molecule has 0 aromatic carbocycles. The molecule has 0 bridgehead atoms. The molecule has 0 saturated heterocycles. The van der Waals surface area contributed by atoms with E-state index in [0.717, 1.165) is 30.4 Å². The first-order valence-corrected chi connectivity index (χ1v) is 8.40. The zero-order valence-electron chi connectivity index (χ0n) is 11.3. The van der Waals surface area contributed by atoms with Gasteiger partial charge >= 0.3 is 0 Å². The Morgan fingerprint density at radius 3 is 2.75 bits per heavy atom. The molecule has 20 heavy (non-hydrogen) atoms. The lowest BCUT2D eigenvalue weighted by Crippen LogP contribution is -2.08. The summed E-state index contributed by atoms with van der Waals surface area (Å²) < 4.78 is 1.18. The van der Waals surface area contributed by atoms with Gasteiger partial charge in [-0.2, -0.15) is 0 Å². The van der Waals surface area contributed by atoms with Crippen molar-refractivity contribution in [3.8, 4) is 0 Å². The Morgan fingerprint density at radius 2 is 2.10 bits per heavy atom. The maximum Gasteiger partial charge on any atom is 0.136 e. The highest BCUT2D eigenvalue weighted by molar-refractivity contribution is 9.11. The number of hydrogen-bond donors (Lipinski definition) is 2. The topological polar surface area (TPSA) is 49.8 Å². The first-order valence-electron chi connectivity index (χ1n) is 6.79. The molecular weight excluding hydrogens is 336 g/mol. The molecule has 0 aliphatic heterocycles. The molecule has 1 aliphatic rings. The lowest BCUT2D eigenvalue weighted by atomic mass is 10.3. The molecule has 106 valence electrons. The monoisotopic (exact) mass is 352 g/mol. The van der Waals surface area contributed by atoms with Crippen molar-refractivity contribution in [1.29, 1.82) is 0 Å². The van der Waals surface area contributed by atoms with Crippen molar-refractivity contribution in [1.82, 2.24) is 9.97 Å². The number of aromatic nitrogens is 2. The molecule has 3 rings (SSSR count). The summed E-state index contributed by atoms with van der Waals surface area (Å²) in [5, 5.41) is 6.51. The van der Waals surface area contributed by atoms with E-state index in [2.05, 4.69) is 48.7 Å². The normalized spacial score (nSPS) is 14.3. The molecule has 2 aromatic rings. The van der Waals surface area contributed by atoms with Gasteiger partial charge in [-0.1, -0.05) is 0 Å². The summed E-state index contributed by atoms with van der Waals surface area (Å²) in [6.07, 6.45) is 3.44. The van der Waals surface area contributed by atoms with E-state index in [-0.39, 0.29) is 0 Å². The van der Waals surface area contributed by atoms with Crippen LogP contribution in [0.4, 0.5) is 11.6 Å². The summed E-state index contributed by atoms with van der Waals surface area (Å²) in [5.41, 5.74) is 0. The van der Waals surface area contributed by atoms with Crippen molar-refractivity contribution >= 4 is 38.9 Å². The molecule has 2 N–H and O–H groups in total. The molecule has 6 heteroatoms. The standard InChI is InChI=1S/C14H17BrN4S/c1-16-12-8-13(19-14(18-12)9-2-3-9)17-7-6-10-4-5-11(15)20-10/h4-5,8-9H,2-3,6-7H2,1H3,(H2,16,17,18,19). The Kier molecular flexibility index (Phi) is 4.21. The minimum absolute atomic E-state index is 0.567. The molecule has 1 aliphatic carbocycles. The van der Waals surface area contributed by atoms with Crippen molar-refractivity contribution in [3.63, 3.8) is 0 Å². The second kappa shape index (κ2) is 6.10. The van der Waals surface area contributed by atoms with E-state index >= 15 is 0 Å². The van der Waals surface area contributed by atoms with E-state index in [4.69, 9.17) is 0 Å². The highest BCUT2D eigenvalue weighted by Gasteiger charge is 2.27. The first kappa shape index (κ1) is 13.8. The fourth-order valence-corrected chi connectivity index (χ4v) is 3.49. The molecule has 0 unspecified atom stereocenters. The molecule has 4 nitrogen and oxygen atoms in total. The lowest BCUT2D eigenvalue weighted by molar-refractivity contribution is 0.919. The number of thiophene rings is 1. The Balaban J connectivity index is 1.62. The van der Waals surface area contributed by atoms with E-state index < -0.39 is 0 Å². The smallest absolute Gasteiger partial charge is 0.136 e. The predicted molar refractivity (Wildman–Crippen MR) is 87.8 cm³/mol. The lowest BCUT2D eigenvalue weighted by Gasteiger charge is -2.09. The predicted octanol–water partition coefficient (Wildman–Crippen LogP) is 3.87. The van der Waals surface area contributed by atoms with Crippen LogP contribution >= 0.6 is 27.3 Å². The summed E-state index contributed by atoms with van der Waals surface area (Å²) in [4.78, 5) is 10.5. The van der Waals surface area contributed by atoms with Crippen molar-refractivity contribution in [2.75, 3.05) is 24.2 Å². The van der Waals surface area contributed by atoms with E-state index in [0.29, 0.717) is 5.92 Å². The quantitative estimate of drug-likeness (QED) is 0.828. The number of anilines is 2. The van der Waals surface area contributed by atoms with Gasteiger partial charge in [0, 0.05) is 30.5 Å². The third-order valence-electron chi connectivity index (χ3n) is 3.25. The van der Waals surface area contributed by atoms with Gasteiger partial charge in [-0.3, -0.25) is 0 Å². The Labute approximate surface area is 131 Å². The van der Waals surface area contributed by atoms with Crippen LogP contribution in [0.25, 0.3) is 0 Å². The largest absolute Gasteiger partial charge is 0.373 e. The third-order valence-corrected chi connectivity index (χ3v) is 4.93. The first-order chi connectivity index (χ1) is 9.74. The molecule has 0 atom stereocenters. The summed E-state index contributed by atoms with van der Waals surface area (Å²) >= 11 is 5.27. The van der Waals surface area contributed by atoms with Crippen LogP contribution in [0.2, 0.25) is 0 Å². The van der Waals surface area contributed by atoms with Gasteiger partial charge in [0.05, 0.1) is 3.79 Å². The summed E-state index contributed by atoms with van der Waals surface area (Å²) in [7, 11) is 1.89. The summed E-state index contributed by atoms with van der Waals surface area (Å²) in [6.45, 7) is 0.886. The third kappa shape index (κ3) is 3.49. The summed E-state index contributed by atoms with van der Waals surface area (Å²) in [5.74, 6) is 3.35. The van der Waals surface area contributed by atoms with Crippen LogP contribution in [0, 0.1) is 0 Å². The molecule has 0 amide bonds. The zero-order chi connectivity index (χ0) is 13.9. The molecule has 0 radical (unpaired) electrons. The Hall–Kier alpha value is -1.14. The van der Waals surface area contributed by atoms with Crippen LogP contribution in [0.5, 0.6) is 0 Å². The molecular formula is C14H17BrN4S. The van der Waals surface area contributed by atoms with Gasteiger partial charge < -0.3 is 10.6 Å². The Bertz CT molecular complexity index is 595. The van der Waals surface area contributed by atoms with E-state index in [1.807, 2.05) is 13.1 Å². The van der Waals surface area contributed by atoms with E-state index in [1.54, 1.807) is 11.3 Å². The second-order valence-corrected chi connectivity index (χ2v) is 7.45. The minimum atomic E-state index is 0.567. The van der Waals surface area contributed by atoms with Crippen LogP contribution in [0.1, 0.15) is 29.5 Å². The van der Waals surface area contributed by atoms with Gasteiger partial charge in [0.25, 0.3) is 0 Å². The molecule has 2 aromatic heterocycles. The van der Waals surface area contributed by atoms with E-state index in [1.165, 1.54) is 21.5 Å². The SMILES string of the molecule is CNc1cc(NCCc2ccc(Br)s2)nc(C2CC2)n1. The number of nitrogens with zero attached hydrogens (tertiary/aromatic N) is 2. The zero-order valence-corrected chi connectivity index (χ0v) is 13.7. The molecule has 2 heterocycles. The summed E-state index contributed by atoms with van der Waals surface area (Å²) in [6, 6.07) is 6.22. The maximum absolute atomic E-state index is 4.61. The number of nitrogens with one attached hydrogen (secondary N) is 2. The van der Waals surface area contributed by atoms with Crippen molar-refractivity contribution in [2.45, 2.75) is 25.2 Å². The fraction of sp³-hybridized carbons (Fsp3) is 0.429. The second-order valence-electron chi connectivity index (χ2n) is 4.90. The maximum atomic E-state index is 4.61. The minimum Gasteiger partial charge on any atom is -0.373 e. The van der Waals surface area contributed by atoms with Gasteiger partial charge in [0.1, 0.15) is 17.5 Å². The van der Waals surface area contributed by atoms with Crippen LogP contribution < -0.4 is 10.6 Å². The van der Waals surface area contributed by atoms with Crippen LogP contribution in [0.15, 0.2) is 22.0 Å². The van der Waals surface area contributed by atoms with Crippen molar-refractivity contribution < 1.29 is 0 Å². The molecule has 1 saturated carbocycles. The van der Waals surface area contributed by atoms with Crippen molar-refractivity contribution in [3.05, 3.63) is 32.7 Å². The average Bonchev–Trinajstić information content (AvgIpc) is 3.22. The molecule has 0 spiro atoms. The van der Waals surface area contributed by atoms with Gasteiger partial charge in [-0.05, 0) is 47.3 Å².